The van der Waals surface area contributed by atoms with Crippen LogP contribution >= 0.6 is 0 Å². The molecule has 1 aromatic heterocycles. The summed E-state index contributed by atoms with van der Waals surface area (Å²) >= 11 is 0. The van der Waals surface area contributed by atoms with Gasteiger partial charge in [0.2, 0.25) is 0 Å². The van der Waals surface area contributed by atoms with Gasteiger partial charge in [-0.2, -0.15) is 5.26 Å². The molecule has 1 atom stereocenters. The van der Waals surface area contributed by atoms with Gasteiger partial charge < -0.3 is 15.5 Å². The fourth-order valence-corrected chi connectivity index (χ4v) is 1.56. The summed E-state index contributed by atoms with van der Waals surface area (Å²) in [5.74, 6) is -3.21. The number of rotatable bonds is 6. The first kappa shape index (κ1) is 16.1. The van der Waals surface area contributed by atoms with Crippen molar-refractivity contribution in [1.29, 1.82) is 5.26 Å². The molecule has 0 radical (unpaired) electrons. The highest BCUT2D eigenvalue weighted by Gasteiger charge is 2.22. The van der Waals surface area contributed by atoms with E-state index in [1.165, 1.54) is 12.1 Å². The van der Waals surface area contributed by atoms with E-state index in [1.807, 2.05) is 6.07 Å². The molecule has 0 saturated carbocycles. The summed E-state index contributed by atoms with van der Waals surface area (Å²) in [5.41, 5.74) is 0.628. The summed E-state index contributed by atoms with van der Waals surface area (Å²) in [6.07, 6.45) is -0.608. The van der Waals surface area contributed by atoms with Gasteiger partial charge in [-0.25, -0.2) is 9.78 Å². The number of hydrogen-bond donors (Lipinski definition) is 3. The lowest BCUT2D eigenvalue weighted by atomic mass is 10.1. The van der Waals surface area contributed by atoms with E-state index in [1.54, 1.807) is 6.92 Å². The number of aliphatic carboxylic acids is 2. The fraction of sp³-hybridized carbons (Fsp3) is 0.308. The summed E-state index contributed by atoms with van der Waals surface area (Å²) in [4.78, 5) is 37.2. The smallest absolute Gasteiger partial charge is 0.326 e. The van der Waals surface area contributed by atoms with E-state index in [0.29, 0.717) is 11.3 Å². The maximum Gasteiger partial charge on any atom is 0.326 e. The van der Waals surface area contributed by atoms with E-state index >= 15 is 0 Å². The average molecular weight is 291 g/mol. The highest BCUT2D eigenvalue weighted by molar-refractivity contribution is 5.95. The van der Waals surface area contributed by atoms with Crippen molar-refractivity contribution in [1.82, 2.24) is 10.3 Å². The molecule has 1 heterocycles. The predicted molar refractivity (Wildman–Crippen MR) is 69.4 cm³/mol. The van der Waals surface area contributed by atoms with E-state index in [0.717, 1.165) is 0 Å². The van der Waals surface area contributed by atoms with Crippen LogP contribution in [0.15, 0.2) is 12.1 Å². The molecule has 0 aliphatic heterocycles. The van der Waals surface area contributed by atoms with Gasteiger partial charge in [0.1, 0.15) is 17.8 Å². The Bertz CT molecular complexity index is 621. The molecule has 3 N–H and O–H groups in total. The highest BCUT2D eigenvalue weighted by atomic mass is 16.4. The Morgan fingerprint density at radius 1 is 1.38 bits per heavy atom. The van der Waals surface area contributed by atoms with Crippen molar-refractivity contribution in [3.05, 3.63) is 29.1 Å². The van der Waals surface area contributed by atoms with Gasteiger partial charge in [-0.1, -0.05) is 0 Å². The van der Waals surface area contributed by atoms with E-state index in [4.69, 9.17) is 15.5 Å². The van der Waals surface area contributed by atoms with Gasteiger partial charge in [0.25, 0.3) is 5.91 Å². The van der Waals surface area contributed by atoms with E-state index in [-0.39, 0.29) is 18.5 Å². The third-order valence-corrected chi connectivity index (χ3v) is 2.69. The Labute approximate surface area is 120 Å². The number of carboxylic acids is 2. The van der Waals surface area contributed by atoms with Gasteiger partial charge in [0.05, 0.1) is 11.3 Å². The number of carbonyl (C=O) groups is 3. The second kappa shape index (κ2) is 7.00. The van der Waals surface area contributed by atoms with Gasteiger partial charge >= 0.3 is 11.9 Å². The number of nitrogens with one attached hydrogen (secondary N) is 1. The fourth-order valence-electron chi connectivity index (χ4n) is 1.56. The number of aromatic nitrogens is 1. The zero-order valence-electron chi connectivity index (χ0n) is 11.2. The quantitative estimate of drug-likeness (QED) is 0.684. The average Bonchev–Trinajstić information content (AvgIpc) is 2.42. The molecule has 0 spiro atoms. The maximum absolute atomic E-state index is 11.9. The first-order valence-electron chi connectivity index (χ1n) is 5.98. The minimum atomic E-state index is -1.32. The van der Waals surface area contributed by atoms with Crippen molar-refractivity contribution < 1.29 is 24.6 Å². The third-order valence-electron chi connectivity index (χ3n) is 2.69. The van der Waals surface area contributed by atoms with Crippen LogP contribution < -0.4 is 5.32 Å². The topological polar surface area (TPSA) is 140 Å². The Hall–Kier alpha value is -2.95. The molecule has 0 unspecified atom stereocenters. The van der Waals surface area contributed by atoms with Crippen LogP contribution in [0.1, 0.15) is 34.6 Å². The van der Waals surface area contributed by atoms with Crippen molar-refractivity contribution in [2.45, 2.75) is 25.8 Å². The monoisotopic (exact) mass is 291 g/mol. The van der Waals surface area contributed by atoms with Crippen molar-refractivity contribution in [3.63, 3.8) is 0 Å². The summed E-state index contributed by atoms with van der Waals surface area (Å²) in [6.45, 7) is 1.55. The largest absolute Gasteiger partial charge is 0.481 e. The van der Waals surface area contributed by atoms with Crippen molar-refractivity contribution in [2.75, 3.05) is 0 Å². The summed E-state index contributed by atoms with van der Waals surface area (Å²) in [7, 11) is 0. The third kappa shape index (κ3) is 4.58. The van der Waals surface area contributed by atoms with E-state index in [9.17, 15) is 14.4 Å². The molecule has 8 nitrogen and oxygen atoms in total. The number of nitrogens with zero attached hydrogens (tertiary/aromatic N) is 2. The number of amides is 1. The molecule has 0 aromatic carbocycles. The van der Waals surface area contributed by atoms with Crippen LogP contribution in [-0.4, -0.2) is 39.1 Å². The Kier molecular flexibility index (Phi) is 5.37. The van der Waals surface area contributed by atoms with Crippen LogP contribution in [0.4, 0.5) is 0 Å². The minimum Gasteiger partial charge on any atom is -0.481 e. The van der Waals surface area contributed by atoms with Crippen LogP contribution in [0.25, 0.3) is 0 Å². The van der Waals surface area contributed by atoms with Gasteiger partial charge in [0, 0.05) is 6.42 Å². The van der Waals surface area contributed by atoms with E-state index < -0.39 is 23.9 Å². The SMILES string of the molecule is Cc1nc(C(=O)N[C@@H](CCC(=O)O)C(=O)O)ccc1C#N. The first-order chi connectivity index (χ1) is 9.85. The van der Waals surface area contributed by atoms with Crippen LogP contribution in [0.3, 0.4) is 0 Å². The molecule has 0 bridgehead atoms. The number of carbonyl (C=O) groups excluding carboxylic acids is 1. The molecule has 0 fully saturated rings. The highest BCUT2D eigenvalue weighted by Crippen LogP contribution is 2.06. The molecule has 0 aliphatic rings. The molecule has 1 rings (SSSR count). The lowest BCUT2D eigenvalue weighted by Crippen LogP contribution is -2.41. The van der Waals surface area contributed by atoms with Crippen LogP contribution in [0.5, 0.6) is 0 Å². The zero-order chi connectivity index (χ0) is 16.0. The normalized spacial score (nSPS) is 11.2. The standard InChI is InChI=1S/C13H13N3O5/c1-7-8(6-14)2-3-9(15-7)12(19)16-10(13(20)21)4-5-11(17)18/h2-3,10H,4-5H2,1H3,(H,16,19)(H,17,18)(H,20,21)/t10-/m0/s1. The summed E-state index contributed by atoms with van der Waals surface area (Å²) in [5, 5.41) is 28.5. The molecule has 110 valence electrons. The zero-order valence-corrected chi connectivity index (χ0v) is 11.2. The Balaban J connectivity index is 2.82. The second-order valence-electron chi connectivity index (χ2n) is 4.24. The van der Waals surface area contributed by atoms with Gasteiger partial charge in [-0.3, -0.25) is 9.59 Å². The number of carboxylic acid groups (broad SMARTS) is 2. The van der Waals surface area contributed by atoms with E-state index in [2.05, 4.69) is 10.3 Å². The van der Waals surface area contributed by atoms with Gasteiger partial charge in [-0.15, -0.1) is 0 Å². The number of aryl methyl sites for hydroxylation is 1. The van der Waals surface area contributed by atoms with Crippen molar-refractivity contribution in [2.24, 2.45) is 0 Å². The summed E-state index contributed by atoms with van der Waals surface area (Å²) < 4.78 is 0. The molecule has 0 aliphatic carbocycles. The van der Waals surface area contributed by atoms with Crippen LogP contribution in [0, 0.1) is 18.3 Å². The Morgan fingerprint density at radius 2 is 2.05 bits per heavy atom. The first-order valence-corrected chi connectivity index (χ1v) is 5.98. The molecule has 1 aromatic rings. The Morgan fingerprint density at radius 3 is 2.52 bits per heavy atom. The molecular weight excluding hydrogens is 278 g/mol. The minimum absolute atomic E-state index is 0.0342. The van der Waals surface area contributed by atoms with Gasteiger partial charge in [0.15, 0.2) is 0 Å². The lowest BCUT2D eigenvalue weighted by Gasteiger charge is -2.13. The number of nitriles is 1. The molecule has 1 amide bonds. The molecule has 21 heavy (non-hydrogen) atoms. The molecule has 0 saturated heterocycles. The second-order valence-corrected chi connectivity index (χ2v) is 4.24. The number of hydrogen-bond acceptors (Lipinski definition) is 5. The predicted octanol–water partition coefficient (Wildman–Crippen LogP) is 0.309. The molecule has 8 heteroatoms. The van der Waals surface area contributed by atoms with Crippen molar-refractivity contribution >= 4 is 17.8 Å². The van der Waals surface area contributed by atoms with Gasteiger partial charge in [-0.05, 0) is 25.5 Å². The number of pyridine rings is 1. The van der Waals surface area contributed by atoms with Crippen LogP contribution in [-0.2, 0) is 9.59 Å². The van der Waals surface area contributed by atoms with Crippen LogP contribution in [0.2, 0.25) is 0 Å². The molecular formula is C13H13N3O5. The lowest BCUT2D eigenvalue weighted by molar-refractivity contribution is -0.140. The summed E-state index contributed by atoms with van der Waals surface area (Å²) in [6, 6.07) is 3.30. The van der Waals surface area contributed by atoms with Crippen molar-refractivity contribution in [3.8, 4) is 6.07 Å². The maximum atomic E-state index is 11.9.